The van der Waals surface area contributed by atoms with Gasteiger partial charge in [-0.25, -0.2) is 4.98 Å². The molecule has 37 heavy (non-hydrogen) atoms. The lowest BCUT2D eigenvalue weighted by Crippen LogP contribution is -2.10. The predicted molar refractivity (Wildman–Crippen MR) is 140 cm³/mol. The van der Waals surface area contributed by atoms with E-state index in [1.54, 1.807) is 25.3 Å². The molecule has 0 radical (unpaired) electrons. The number of hydrogen-bond acceptors (Lipinski definition) is 7. The Morgan fingerprint density at radius 2 is 1.81 bits per heavy atom. The summed E-state index contributed by atoms with van der Waals surface area (Å²) in [5.74, 6) is 1.66. The summed E-state index contributed by atoms with van der Waals surface area (Å²) in [6, 6.07) is 26.9. The van der Waals surface area contributed by atoms with E-state index >= 15 is 0 Å². The van der Waals surface area contributed by atoms with Crippen molar-refractivity contribution in [2.24, 2.45) is 0 Å². The zero-order valence-corrected chi connectivity index (χ0v) is 20.0. The van der Waals surface area contributed by atoms with Gasteiger partial charge in [0, 0.05) is 16.3 Å². The maximum atomic E-state index is 12.6. The zero-order chi connectivity index (χ0) is 25.2. The molecular weight excluding hydrogens is 468 g/mol. The van der Waals surface area contributed by atoms with Crippen molar-refractivity contribution in [2.45, 2.75) is 13.2 Å². The van der Waals surface area contributed by atoms with E-state index in [9.17, 15) is 4.79 Å². The first-order chi connectivity index (χ1) is 18.1. The van der Waals surface area contributed by atoms with Crippen LogP contribution in [0.5, 0.6) is 11.5 Å². The molecule has 6 aromatic rings. The number of tetrazole rings is 1. The summed E-state index contributed by atoms with van der Waals surface area (Å²) in [7, 11) is 1.60. The van der Waals surface area contributed by atoms with Crippen molar-refractivity contribution in [2.75, 3.05) is 7.11 Å². The van der Waals surface area contributed by atoms with Gasteiger partial charge < -0.3 is 14.5 Å². The second-order valence-electron chi connectivity index (χ2n) is 8.54. The van der Waals surface area contributed by atoms with Gasteiger partial charge in [-0.15, -0.1) is 10.2 Å². The minimum Gasteiger partial charge on any atom is -0.497 e. The van der Waals surface area contributed by atoms with Crippen LogP contribution in [-0.2, 0) is 13.2 Å². The molecule has 0 aliphatic heterocycles. The van der Waals surface area contributed by atoms with Crippen LogP contribution in [0.2, 0.25) is 0 Å². The first-order valence-electron chi connectivity index (χ1n) is 11.7. The summed E-state index contributed by atoms with van der Waals surface area (Å²) in [4.78, 5) is 21.6. The molecule has 3 aromatic carbocycles. The lowest BCUT2D eigenvalue weighted by atomic mass is 10.1. The highest BCUT2D eigenvalue weighted by molar-refractivity contribution is 5.83. The Labute approximate surface area is 211 Å². The van der Waals surface area contributed by atoms with E-state index in [1.807, 2.05) is 66.7 Å². The van der Waals surface area contributed by atoms with Crippen LogP contribution < -0.4 is 15.0 Å². The highest BCUT2D eigenvalue weighted by Crippen LogP contribution is 2.22. The number of H-pyrrole nitrogens is 1. The predicted octanol–water partition coefficient (Wildman–Crippen LogP) is 4.37. The van der Waals surface area contributed by atoms with E-state index < -0.39 is 0 Å². The largest absolute Gasteiger partial charge is 0.497 e. The average Bonchev–Trinajstić information content (AvgIpc) is 3.39. The number of nitrogens with zero attached hydrogens (tertiary/aromatic N) is 5. The lowest BCUT2D eigenvalue weighted by Gasteiger charge is -2.08. The molecule has 0 saturated heterocycles. The first-order valence-corrected chi connectivity index (χ1v) is 11.7. The van der Waals surface area contributed by atoms with Gasteiger partial charge in [0.1, 0.15) is 18.1 Å². The number of para-hydroxylation sites is 1. The van der Waals surface area contributed by atoms with Gasteiger partial charge in [-0.05, 0) is 59.3 Å². The van der Waals surface area contributed by atoms with Gasteiger partial charge in [-0.1, -0.05) is 36.4 Å². The van der Waals surface area contributed by atoms with Crippen LogP contribution in [0.1, 0.15) is 11.3 Å². The normalized spacial score (nSPS) is 11.2. The fraction of sp³-hybridized carbons (Fsp3) is 0.107. The Balaban J connectivity index is 1.18. The summed E-state index contributed by atoms with van der Waals surface area (Å²) >= 11 is 0. The summed E-state index contributed by atoms with van der Waals surface area (Å²) in [6.45, 7) is 0.729. The molecule has 0 atom stereocenters. The third-order valence-corrected chi connectivity index (χ3v) is 6.01. The van der Waals surface area contributed by atoms with Crippen molar-refractivity contribution in [1.82, 2.24) is 30.2 Å². The van der Waals surface area contributed by atoms with Crippen LogP contribution in [0.4, 0.5) is 0 Å². The fourth-order valence-corrected chi connectivity index (χ4v) is 4.14. The molecule has 0 aliphatic carbocycles. The average molecular weight is 491 g/mol. The van der Waals surface area contributed by atoms with Crippen molar-refractivity contribution in [3.05, 3.63) is 107 Å². The highest BCUT2D eigenvalue weighted by Gasteiger charge is 2.13. The summed E-state index contributed by atoms with van der Waals surface area (Å²) in [6.07, 6.45) is 0. The standard InChI is InChI=1S/C28H22N6O3/c1-36-22-11-12-26-20(14-22)15-24(28(35)30-26)27-31-33-34(32-27)16-18-5-4-7-23(13-18)37-17-21-10-9-19-6-2-3-8-25(19)29-21/h2-15H,16-17H2,1H3,(H,30,35). The van der Waals surface area contributed by atoms with Crippen LogP contribution in [0, 0.1) is 0 Å². The monoisotopic (exact) mass is 490 g/mol. The molecule has 3 aromatic heterocycles. The van der Waals surface area contributed by atoms with E-state index in [0.29, 0.717) is 35.7 Å². The molecule has 0 saturated carbocycles. The van der Waals surface area contributed by atoms with Gasteiger partial charge in [0.25, 0.3) is 5.56 Å². The van der Waals surface area contributed by atoms with Crippen molar-refractivity contribution in [3.63, 3.8) is 0 Å². The molecule has 3 heterocycles. The number of rotatable bonds is 7. The van der Waals surface area contributed by atoms with E-state index in [-0.39, 0.29) is 11.4 Å². The van der Waals surface area contributed by atoms with Gasteiger partial charge in [0.05, 0.1) is 30.4 Å². The van der Waals surface area contributed by atoms with Crippen LogP contribution in [0.25, 0.3) is 33.2 Å². The molecule has 182 valence electrons. The van der Waals surface area contributed by atoms with Crippen molar-refractivity contribution in [1.29, 1.82) is 0 Å². The SMILES string of the molecule is COc1ccc2[nH]c(=O)c(-c3nnn(Cc4cccc(OCc5ccc6ccccc6n5)c4)n3)cc2c1. The Bertz CT molecular complexity index is 1790. The molecule has 0 unspecified atom stereocenters. The number of aromatic nitrogens is 6. The van der Waals surface area contributed by atoms with E-state index in [2.05, 4.69) is 25.4 Å². The third kappa shape index (κ3) is 4.74. The van der Waals surface area contributed by atoms with Crippen LogP contribution in [0.15, 0.2) is 89.7 Å². The van der Waals surface area contributed by atoms with Crippen LogP contribution in [0.3, 0.4) is 0 Å². The maximum Gasteiger partial charge on any atom is 0.259 e. The van der Waals surface area contributed by atoms with E-state index in [4.69, 9.17) is 9.47 Å². The topological polar surface area (TPSA) is 108 Å². The molecule has 0 amide bonds. The first kappa shape index (κ1) is 22.4. The van der Waals surface area contributed by atoms with Gasteiger partial charge in [-0.2, -0.15) is 4.80 Å². The second-order valence-corrected chi connectivity index (χ2v) is 8.54. The summed E-state index contributed by atoms with van der Waals surface area (Å²) in [5.41, 5.74) is 3.49. The molecule has 0 aliphatic rings. The number of benzene rings is 3. The third-order valence-electron chi connectivity index (χ3n) is 6.01. The number of pyridine rings is 2. The number of nitrogens with one attached hydrogen (secondary N) is 1. The Hall–Kier alpha value is -5.05. The van der Waals surface area contributed by atoms with Crippen molar-refractivity contribution < 1.29 is 9.47 Å². The molecule has 9 heteroatoms. The van der Waals surface area contributed by atoms with Crippen molar-refractivity contribution >= 4 is 21.8 Å². The van der Waals surface area contributed by atoms with Gasteiger partial charge >= 0.3 is 0 Å². The minimum absolute atomic E-state index is 0.251. The molecule has 0 bridgehead atoms. The van der Waals surface area contributed by atoms with Crippen LogP contribution >= 0.6 is 0 Å². The smallest absolute Gasteiger partial charge is 0.259 e. The minimum atomic E-state index is -0.282. The fourth-order valence-electron chi connectivity index (χ4n) is 4.14. The highest BCUT2D eigenvalue weighted by atomic mass is 16.5. The molecule has 0 fully saturated rings. The van der Waals surface area contributed by atoms with Crippen LogP contribution in [-0.4, -0.2) is 37.3 Å². The number of hydrogen-bond donors (Lipinski definition) is 1. The van der Waals surface area contributed by atoms with E-state index in [1.165, 1.54) is 4.80 Å². The van der Waals surface area contributed by atoms with Gasteiger partial charge in [0.2, 0.25) is 5.82 Å². The Kier molecular flexibility index (Phi) is 5.78. The number of aromatic amines is 1. The molecule has 9 nitrogen and oxygen atoms in total. The lowest BCUT2D eigenvalue weighted by molar-refractivity contribution is 0.301. The zero-order valence-electron chi connectivity index (χ0n) is 20.0. The Morgan fingerprint density at radius 1 is 0.892 bits per heavy atom. The Morgan fingerprint density at radius 3 is 2.73 bits per heavy atom. The second kappa shape index (κ2) is 9.54. The molecular formula is C28H22N6O3. The molecule has 1 N–H and O–H groups in total. The summed E-state index contributed by atoms with van der Waals surface area (Å²) < 4.78 is 11.3. The number of ether oxygens (including phenoxy) is 2. The number of methoxy groups -OCH3 is 1. The summed E-state index contributed by atoms with van der Waals surface area (Å²) in [5, 5.41) is 14.6. The van der Waals surface area contributed by atoms with Crippen molar-refractivity contribution in [3.8, 4) is 22.9 Å². The maximum absolute atomic E-state index is 12.6. The van der Waals surface area contributed by atoms with E-state index in [0.717, 1.165) is 27.5 Å². The van der Waals surface area contributed by atoms with Gasteiger partial charge in [-0.3, -0.25) is 4.79 Å². The molecule has 6 rings (SSSR count). The quantitative estimate of drug-likeness (QED) is 0.354. The number of fused-ring (bicyclic) bond motifs is 2. The molecule has 0 spiro atoms. The van der Waals surface area contributed by atoms with Gasteiger partial charge in [0.15, 0.2) is 0 Å².